The van der Waals surface area contributed by atoms with E-state index in [0.29, 0.717) is 13.0 Å². The monoisotopic (exact) mass is 300 g/mol. The van der Waals surface area contributed by atoms with Crippen molar-refractivity contribution in [3.05, 3.63) is 28.8 Å². The topological polar surface area (TPSA) is 98.7 Å². The average molecular weight is 301 g/mol. The number of carbonyl (C=O) groups excluding carboxylic acids is 1. The smallest absolute Gasteiger partial charge is 0.335 e. The summed E-state index contributed by atoms with van der Waals surface area (Å²) in [5, 5.41) is 23.8. The van der Waals surface area contributed by atoms with Gasteiger partial charge in [-0.3, -0.25) is 4.79 Å². The number of benzene rings is 1. The molecule has 0 saturated heterocycles. The largest absolute Gasteiger partial charge is 0.478 e. The fraction of sp³-hybridized carbons (Fsp3) is 0.385. The van der Waals surface area contributed by atoms with Gasteiger partial charge in [0.05, 0.1) is 28.9 Å². The minimum absolute atomic E-state index is 0.00465. The Bertz CT molecular complexity index is 493. The van der Waals surface area contributed by atoms with Crippen LogP contribution in [0.2, 0.25) is 5.02 Å². The van der Waals surface area contributed by atoms with Crippen LogP contribution in [-0.2, 0) is 4.79 Å². The van der Waals surface area contributed by atoms with Crippen LogP contribution in [0, 0.1) is 0 Å². The van der Waals surface area contributed by atoms with Gasteiger partial charge in [-0.1, -0.05) is 18.5 Å². The van der Waals surface area contributed by atoms with Gasteiger partial charge in [-0.15, -0.1) is 0 Å². The van der Waals surface area contributed by atoms with E-state index in [2.05, 4.69) is 10.6 Å². The lowest BCUT2D eigenvalue weighted by Gasteiger charge is -2.11. The van der Waals surface area contributed by atoms with Crippen molar-refractivity contribution in [1.29, 1.82) is 0 Å². The molecule has 20 heavy (non-hydrogen) atoms. The Morgan fingerprint density at radius 1 is 1.40 bits per heavy atom. The van der Waals surface area contributed by atoms with Crippen LogP contribution in [-0.4, -0.2) is 41.3 Å². The summed E-state index contributed by atoms with van der Waals surface area (Å²) in [6.07, 6.45) is 0.0999. The summed E-state index contributed by atoms with van der Waals surface area (Å²) in [7, 11) is 0. The SMILES string of the molecule is CCC(O)CNCC(=O)Nc1cc(C(=O)O)ccc1Cl. The van der Waals surface area contributed by atoms with Crippen molar-refractivity contribution in [2.24, 2.45) is 0 Å². The predicted octanol–water partition coefficient (Wildman–Crippen LogP) is 1.34. The third-order valence-corrected chi connectivity index (χ3v) is 2.95. The summed E-state index contributed by atoms with van der Waals surface area (Å²) < 4.78 is 0. The van der Waals surface area contributed by atoms with Crippen LogP contribution >= 0.6 is 11.6 Å². The van der Waals surface area contributed by atoms with Gasteiger partial charge in [-0.2, -0.15) is 0 Å². The van der Waals surface area contributed by atoms with E-state index in [-0.39, 0.29) is 28.7 Å². The molecule has 0 aromatic heterocycles. The van der Waals surface area contributed by atoms with Crippen molar-refractivity contribution in [1.82, 2.24) is 5.32 Å². The highest BCUT2D eigenvalue weighted by atomic mass is 35.5. The van der Waals surface area contributed by atoms with Gasteiger partial charge in [0, 0.05) is 6.54 Å². The molecule has 110 valence electrons. The molecule has 6 nitrogen and oxygen atoms in total. The molecule has 1 amide bonds. The highest BCUT2D eigenvalue weighted by molar-refractivity contribution is 6.33. The number of hydrogen-bond acceptors (Lipinski definition) is 4. The second-order valence-electron chi connectivity index (χ2n) is 4.24. The number of nitrogens with one attached hydrogen (secondary N) is 2. The van der Waals surface area contributed by atoms with E-state index >= 15 is 0 Å². The van der Waals surface area contributed by atoms with Crippen LogP contribution in [0.25, 0.3) is 0 Å². The van der Waals surface area contributed by atoms with Gasteiger partial charge in [0.25, 0.3) is 0 Å². The fourth-order valence-corrected chi connectivity index (χ4v) is 1.61. The molecule has 0 saturated carbocycles. The third-order valence-electron chi connectivity index (χ3n) is 2.62. The summed E-state index contributed by atoms with van der Waals surface area (Å²) >= 11 is 5.88. The van der Waals surface area contributed by atoms with E-state index in [1.54, 1.807) is 0 Å². The zero-order chi connectivity index (χ0) is 15.1. The molecule has 7 heteroatoms. The van der Waals surface area contributed by atoms with Crippen LogP contribution in [0.1, 0.15) is 23.7 Å². The maximum atomic E-state index is 11.7. The normalized spacial score (nSPS) is 11.9. The summed E-state index contributed by atoms with van der Waals surface area (Å²) in [5.41, 5.74) is 0.286. The molecular weight excluding hydrogens is 284 g/mol. The van der Waals surface area contributed by atoms with Crippen LogP contribution in [0.4, 0.5) is 5.69 Å². The molecule has 0 fully saturated rings. The molecule has 0 aliphatic rings. The van der Waals surface area contributed by atoms with E-state index < -0.39 is 12.1 Å². The molecule has 0 aliphatic carbocycles. The highest BCUT2D eigenvalue weighted by Crippen LogP contribution is 2.22. The maximum Gasteiger partial charge on any atom is 0.335 e. The summed E-state index contributed by atoms with van der Waals surface area (Å²) in [5.74, 6) is -1.46. The number of halogens is 1. The fourth-order valence-electron chi connectivity index (χ4n) is 1.45. The van der Waals surface area contributed by atoms with Gasteiger partial charge in [0.15, 0.2) is 0 Å². The Morgan fingerprint density at radius 2 is 2.10 bits per heavy atom. The Hall–Kier alpha value is -1.63. The minimum Gasteiger partial charge on any atom is -0.478 e. The van der Waals surface area contributed by atoms with Crippen molar-refractivity contribution in [3.8, 4) is 0 Å². The number of rotatable bonds is 7. The van der Waals surface area contributed by atoms with E-state index in [1.165, 1.54) is 18.2 Å². The van der Waals surface area contributed by atoms with Gasteiger partial charge in [0.1, 0.15) is 0 Å². The lowest BCUT2D eigenvalue weighted by atomic mass is 10.2. The van der Waals surface area contributed by atoms with E-state index in [4.69, 9.17) is 16.7 Å². The molecule has 1 rings (SSSR count). The Labute approximate surface area is 121 Å². The first kappa shape index (κ1) is 16.4. The Kier molecular flexibility index (Phi) is 6.44. The molecule has 4 N–H and O–H groups in total. The molecular formula is C13H17ClN2O4. The lowest BCUT2D eigenvalue weighted by molar-refractivity contribution is -0.115. The molecule has 1 unspecified atom stereocenters. The highest BCUT2D eigenvalue weighted by Gasteiger charge is 2.10. The number of aliphatic hydroxyl groups is 1. The standard InChI is InChI=1S/C13H17ClN2O4/c1-2-9(17)6-15-7-12(18)16-11-5-8(13(19)20)3-4-10(11)14/h3-5,9,15,17H,2,6-7H2,1H3,(H,16,18)(H,19,20). The van der Waals surface area contributed by atoms with Crippen LogP contribution < -0.4 is 10.6 Å². The average Bonchev–Trinajstić information content (AvgIpc) is 2.40. The van der Waals surface area contributed by atoms with Crippen molar-refractivity contribution >= 4 is 29.2 Å². The zero-order valence-corrected chi connectivity index (χ0v) is 11.8. The number of aromatic carboxylic acids is 1. The molecule has 1 aromatic rings. The van der Waals surface area contributed by atoms with Crippen molar-refractivity contribution in [2.45, 2.75) is 19.4 Å². The second-order valence-corrected chi connectivity index (χ2v) is 4.65. The summed E-state index contributed by atoms with van der Waals surface area (Å²) in [6, 6.07) is 4.06. The van der Waals surface area contributed by atoms with Gasteiger partial charge >= 0.3 is 5.97 Å². The molecule has 1 aromatic carbocycles. The van der Waals surface area contributed by atoms with E-state index in [9.17, 15) is 14.7 Å². The quantitative estimate of drug-likeness (QED) is 0.609. The van der Waals surface area contributed by atoms with Gasteiger partial charge in [0.2, 0.25) is 5.91 Å². The van der Waals surface area contributed by atoms with Gasteiger partial charge in [-0.05, 0) is 24.6 Å². The number of hydrogen-bond donors (Lipinski definition) is 4. The molecule has 0 aliphatic heterocycles. The van der Waals surface area contributed by atoms with Crippen LogP contribution in [0.15, 0.2) is 18.2 Å². The molecule has 0 spiro atoms. The number of carboxylic acid groups (broad SMARTS) is 1. The number of amides is 1. The minimum atomic E-state index is -1.10. The molecule has 1 atom stereocenters. The molecule has 0 radical (unpaired) electrons. The first-order valence-electron chi connectivity index (χ1n) is 6.15. The number of aliphatic hydroxyl groups excluding tert-OH is 1. The van der Waals surface area contributed by atoms with Crippen molar-refractivity contribution < 1.29 is 19.8 Å². The summed E-state index contributed by atoms with van der Waals surface area (Å²) in [4.78, 5) is 22.5. The summed E-state index contributed by atoms with van der Waals surface area (Å²) in [6.45, 7) is 2.15. The number of anilines is 1. The van der Waals surface area contributed by atoms with E-state index in [1.807, 2.05) is 6.92 Å². The molecule has 0 bridgehead atoms. The Morgan fingerprint density at radius 3 is 2.70 bits per heavy atom. The van der Waals surface area contributed by atoms with Crippen molar-refractivity contribution in [2.75, 3.05) is 18.4 Å². The molecule has 0 heterocycles. The second kappa shape index (κ2) is 7.84. The third kappa shape index (κ3) is 5.16. The number of carbonyl (C=O) groups is 2. The lowest BCUT2D eigenvalue weighted by Crippen LogP contribution is -2.33. The van der Waals surface area contributed by atoms with Crippen molar-refractivity contribution in [3.63, 3.8) is 0 Å². The maximum absolute atomic E-state index is 11.7. The van der Waals surface area contributed by atoms with Gasteiger partial charge < -0.3 is 20.8 Å². The van der Waals surface area contributed by atoms with Gasteiger partial charge in [-0.25, -0.2) is 4.79 Å². The first-order chi connectivity index (χ1) is 9.43. The predicted molar refractivity (Wildman–Crippen MR) is 76.2 cm³/mol. The number of carboxylic acids is 1. The first-order valence-corrected chi connectivity index (χ1v) is 6.53. The Balaban J connectivity index is 2.57. The van der Waals surface area contributed by atoms with Crippen LogP contribution in [0.5, 0.6) is 0 Å². The zero-order valence-electron chi connectivity index (χ0n) is 11.0. The van der Waals surface area contributed by atoms with E-state index in [0.717, 1.165) is 0 Å². The van der Waals surface area contributed by atoms with Crippen LogP contribution in [0.3, 0.4) is 0 Å².